The number of pyridine rings is 1. The number of aryl methyl sites for hydroxylation is 1. The molecule has 1 aliphatic rings. The second-order valence-corrected chi connectivity index (χ2v) is 5.96. The number of unbranched alkanes of at least 4 members (excludes halogenated alkanes) is 2. The van der Waals surface area contributed by atoms with Gasteiger partial charge in [0.1, 0.15) is 0 Å². The van der Waals surface area contributed by atoms with Crippen LogP contribution in [-0.2, 0) is 6.42 Å². The number of fused-ring (bicyclic) bond motifs is 1. The minimum Gasteiger partial charge on any atom is -0.374 e. The van der Waals surface area contributed by atoms with E-state index in [2.05, 4.69) is 55.0 Å². The van der Waals surface area contributed by atoms with Crippen LogP contribution in [0.4, 0.5) is 5.69 Å². The lowest BCUT2D eigenvalue weighted by Crippen LogP contribution is -2.24. The molecule has 22 heavy (non-hydrogen) atoms. The Labute approximate surface area is 135 Å². The van der Waals surface area contributed by atoms with Crippen molar-refractivity contribution in [1.82, 2.24) is 4.98 Å². The number of nitrogens with zero attached hydrogens (tertiary/aromatic N) is 2. The summed E-state index contributed by atoms with van der Waals surface area (Å²) < 4.78 is 0. The lowest BCUT2D eigenvalue weighted by atomic mass is 9.97. The molecule has 0 spiro atoms. The number of aromatic nitrogens is 1. The summed E-state index contributed by atoms with van der Waals surface area (Å²) in [6.07, 6.45) is 10.3. The quantitative estimate of drug-likeness (QED) is 0.761. The second kappa shape index (κ2) is 8.57. The Bertz CT molecular complexity index is 561. The predicted octanol–water partition coefficient (Wildman–Crippen LogP) is 5.33. The third-order valence-electron chi connectivity index (χ3n) is 4.13. The summed E-state index contributed by atoms with van der Waals surface area (Å²) in [6, 6.07) is 10.8. The molecule has 2 aromatic rings. The fourth-order valence-corrected chi connectivity index (χ4v) is 2.85. The number of hydrogen-bond acceptors (Lipinski definition) is 2. The third kappa shape index (κ3) is 4.33. The van der Waals surface area contributed by atoms with Crippen LogP contribution in [0.3, 0.4) is 0 Å². The van der Waals surface area contributed by atoms with Crippen LogP contribution in [0, 0.1) is 0 Å². The van der Waals surface area contributed by atoms with E-state index in [4.69, 9.17) is 0 Å². The van der Waals surface area contributed by atoms with Gasteiger partial charge < -0.3 is 4.90 Å². The first-order chi connectivity index (χ1) is 10.8. The van der Waals surface area contributed by atoms with Gasteiger partial charge in [0.05, 0.1) is 0 Å². The summed E-state index contributed by atoms with van der Waals surface area (Å²) in [7, 11) is 2.17. The van der Waals surface area contributed by atoms with E-state index < -0.39 is 0 Å². The second-order valence-electron chi connectivity index (χ2n) is 5.96. The summed E-state index contributed by atoms with van der Waals surface area (Å²) in [6.45, 7) is 5.59. The molecule has 0 saturated carbocycles. The van der Waals surface area contributed by atoms with Gasteiger partial charge in [0, 0.05) is 31.7 Å². The lowest BCUT2D eigenvalue weighted by molar-refractivity contribution is 0.745. The molecule has 2 nitrogen and oxygen atoms in total. The smallest absolute Gasteiger partial charge is 0.0396 e. The Morgan fingerprint density at radius 1 is 1.09 bits per heavy atom. The van der Waals surface area contributed by atoms with Crippen LogP contribution in [0.1, 0.15) is 45.1 Å². The van der Waals surface area contributed by atoms with Crippen molar-refractivity contribution in [2.24, 2.45) is 0 Å². The highest BCUT2D eigenvalue weighted by atomic mass is 15.1. The maximum atomic E-state index is 4.18. The molecule has 0 amide bonds. The van der Waals surface area contributed by atoms with Crippen molar-refractivity contribution in [3.8, 4) is 11.1 Å². The minimum atomic E-state index is 1.17. The average Bonchev–Trinajstić information content (AvgIpc) is 2.57. The first-order valence-electron chi connectivity index (χ1n) is 8.50. The summed E-state index contributed by atoms with van der Waals surface area (Å²) in [5.41, 5.74) is 5.31. The van der Waals surface area contributed by atoms with Gasteiger partial charge in [-0.2, -0.15) is 0 Å². The van der Waals surface area contributed by atoms with Gasteiger partial charge in [-0.15, -0.1) is 0 Å². The summed E-state index contributed by atoms with van der Waals surface area (Å²) >= 11 is 0. The van der Waals surface area contributed by atoms with E-state index in [1.165, 1.54) is 61.0 Å². The van der Waals surface area contributed by atoms with Crippen LogP contribution in [0.2, 0.25) is 0 Å². The molecule has 1 aliphatic heterocycles. The van der Waals surface area contributed by atoms with E-state index in [1.807, 2.05) is 18.5 Å². The maximum Gasteiger partial charge on any atom is 0.0396 e. The summed E-state index contributed by atoms with van der Waals surface area (Å²) in [5.74, 6) is 0. The first-order valence-corrected chi connectivity index (χ1v) is 8.50. The van der Waals surface area contributed by atoms with Gasteiger partial charge in [-0.05, 0) is 47.7 Å². The molecule has 0 N–H and O–H groups in total. The van der Waals surface area contributed by atoms with Gasteiger partial charge in [0.15, 0.2) is 0 Å². The number of anilines is 1. The topological polar surface area (TPSA) is 16.1 Å². The van der Waals surface area contributed by atoms with Crippen molar-refractivity contribution >= 4 is 5.69 Å². The molecule has 0 atom stereocenters. The Hall–Kier alpha value is -1.83. The Morgan fingerprint density at radius 2 is 1.91 bits per heavy atom. The van der Waals surface area contributed by atoms with E-state index in [-0.39, 0.29) is 0 Å². The zero-order valence-corrected chi connectivity index (χ0v) is 14.2. The zero-order valence-electron chi connectivity index (χ0n) is 14.2. The standard InChI is InChI=1S/C15H16N2.C5H12/c1-17-9-3-5-13-10-12(6-7-15(13)17)14-4-2-8-16-11-14;1-3-5-4-2/h2,4,6-8,10-11H,3,5,9H2,1H3;3-5H2,1-2H3. The van der Waals surface area contributed by atoms with Crippen LogP contribution >= 0.6 is 0 Å². The average molecular weight is 296 g/mol. The van der Waals surface area contributed by atoms with Crippen molar-refractivity contribution in [2.45, 2.75) is 46.0 Å². The van der Waals surface area contributed by atoms with Crippen molar-refractivity contribution in [3.05, 3.63) is 48.3 Å². The molecule has 0 radical (unpaired) electrons. The Kier molecular flexibility index (Phi) is 6.45. The molecule has 1 aromatic carbocycles. The molecule has 2 heterocycles. The Balaban J connectivity index is 0.000000309. The van der Waals surface area contributed by atoms with Gasteiger partial charge >= 0.3 is 0 Å². The number of hydrogen-bond donors (Lipinski definition) is 0. The van der Waals surface area contributed by atoms with Gasteiger partial charge in [0.25, 0.3) is 0 Å². The summed E-state index contributed by atoms with van der Waals surface area (Å²) in [4.78, 5) is 6.52. The molecule has 118 valence electrons. The predicted molar refractivity (Wildman–Crippen MR) is 96.5 cm³/mol. The van der Waals surface area contributed by atoms with E-state index in [1.54, 1.807) is 0 Å². The SMILES string of the molecule is CCCCC.CN1CCCc2cc(-c3cccnc3)ccc21. The molecule has 0 bridgehead atoms. The lowest BCUT2D eigenvalue weighted by Gasteiger charge is -2.27. The molecule has 0 saturated heterocycles. The monoisotopic (exact) mass is 296 g/mol. The van der Waals surface area contributed by atoms with Crippen LogP contribution in [0.5, 0.6) is 0 Å². The molecule has 0 unspecified atom stereocenters. The zero-order chi connectivity index (χ0) is 15.8. The molecular weight excluding hydrogens is 268 g/mol. The van der Waals surface area contributed by atoms with Crippen LogP contribution in [0.15, 0.2) is 42.7 Å². The van der Waals surface area contributed by atoms with Crippen LogP contribution in [-0.4, -0.2) is 18.6 Å². The largest absolute Gasteiger partial charge is 0.374 e. The molecule has 3 rings (SSSR count). The van der Waals surface area contributed by atoms with Gasteiger partial charge in [-0.3, -0.25) is 4.98 Å². The molecule has 0 fully saturated rings. The first kappa shape index (κ1) is 16.5. The highest BCUT2D eigenvalue weighted by molar-refractivity contribution is 5.69. The van der Waals surface area contributed by atoms with Gasteiger partial charge in [-0.25, -0.2) is 0 Å². The van der Waals surface area contributed by atoms with Gasteiger partial charge in [0.2, 0.25) is 0 Å². The fourth-order valence-electron chi connectivity index (χ4n) is 2.85. The van der Waals surface area contributed by atoms with Crippen LogP contribution in [0.25, 0.3) is 11.1 Å². The molecule has 1 aromatic heterocycles. The Morgan fingerprint density at radius 3 is 2.55 bits per heavy atom. The fraction of sp³-hybridized carbons (Fsp3) is 0.450. The van der Waals surface area contributed by atoms with E-state index in [0.29, 0.717) is 0 Å². The van der Waals surface area contributed by atoms with Crippen molar-refractivity contribution in [3.63, 3.8) is 0 Å². The maximum absolute atomic E-state index is 4.18. The summed E-state index contributed by atoms with van der Waals surface area (Å²) in [5, 5.41) is 0. The molecular formula is C20H28N2. The third-order valence-corrected chi connectivity index (χ3v) is 4.13. The van der Waals surface area contributed by atoms with E-state index in [0.717, 1.165) is 0 Å². The normalized spacial score (nSPS) is 13.1. The van der Waals surface area contributed by atoms with Crippen LogP contribution < -0.4 is 4.90 Å². The number of benzene rings is 1. The van der Waals surface area contributed by atoms with Gasteiger partial charge in [-0.1, -0.05) is 45.2 Å². The number of rotatable bonds is 3. The van der Waals surface area contributed by atoms with Crippen molar-refractivity contribution in [2.75, 3.05) is 18.5 Å². The van der Waals surface area contributed by atoms with Crippen molar-refractivity contribution in [1.29, 1.82) is 0 Å². The van der Waals surface area contributed by atoms with E-state index in [9.17, 15) is 0 Å². The van der Waals surface area contributed by atoms with Crippen molar-refractivity contribution < 1.29 is 0 Å². The minimum absolute atomic E-state index is 1.17. The molecule has 2 heteroatoms. The highest BCUT2D eigenvalue weighted by Gasteiger charge is 2.13. The highest BCUT2D eigenvalue weighted by Crippen LogP contribution is 2.30. The molecule has 0 aliphatic carbocycles. The van der Waals surface area contributed by atoms with E-state index >= 15 is 0 Å².